The van der Waals surface area contributed by atoms with Gasteiger partial charge in [-0.05, 0) is 42.8 Å². The van der Waals surface area contributed by atoms with Gasteiger partial charge in [0.25, 0.3) is 5.91 Å². The molecule has 3 heterocycles. The molecule has 0 bridgehead atoms. The van der Waals surface area contributed by atoms with Crippen LogP contribution in [0, 0.1) is 6.92 Å². The summed E-state index contributed by atoms with van der Waals surface area (Å²) in [6.07, 6.45) is 4.98. The second-order valence-corrected chi connectivity index (χ2v) is 8.89. The van der Waals surface area contributed by atoms with E-state index in [1.807, 2.05) is 37.3 Å². The van der Waals surface area contributed by atoms with Gasteiger partial charge in [0.2, 0.25) is 5.95 Å². The second-order valence-electron chi connectivity index (χ2n) is 8.45. The predicted molar refractivity (Wildman–Crippen MR) is 139 cm³/mol. The molecule has 2 aromatic heterocycles. The molecular weight excluding hydrogens is 478 g/mol. The number of carbonyl (C=O) groups is 1. The first-order valence-electron chi connectivity index (χ1n) is 11.7. The summed E-state index contributed by atoms with van der Waals surface area (Å²) in [7, 11) is 0. The number of nitrogens with one attached hydrogen (secondary N) is 2. The van der Waals surface area contributed by atoms with Gasteiger partial charge in [-0.1, -0.05) is 29.8 Å². The fraction of sp³-hybridized carbons (Fsp3) is 0.231. The molecule has 0 aliphatic carbocycles. The highest BCUT2D eigenvalue weighted by Crippen LogP contribution is 2.23. The van der Waals surface area contributed by atoms with Crippen molar-refractivity contribution in [3.05, 3.63) is 89.1 Å². The van der Waals surface area contributed by atoms with Gasteiger partial charge in [0, 0.05) is 54.0 Å². The molecular formula is C26H26ClN7O2. The fourth-order valence-electron chi connectivity index (χ4n) is 3.96. The van der Waals surface area contributed by atoms with E-state index in [1.165, 1.54) is 0 Å². The van der Waals surface area contributed by atoms with Crippen molar-refractivity contribution in [3.63, 3.8) is 0 Å². The number of morpholine rings is 1. The number of imidazole rings is 1. The second kappa shape index (κ2) is 10.8. The summed E-state index contributed by atoms with van der Waals surface area (Å²) in [6, 6.07) is 15.5. The Bertz CT molecular complexity index is 1370. The zero-order valence-electron chi connectivity index (χ0n) is 19.8. The lowest BCUT2D eigenvalue weighted by atomic mass is 10.2. The molecule has 1 saturated heterocycles. The van der Waals surface area contributed by atoms with E-state index < -0.39 is 0 Å². The average Bonchev–Trinajstić information content (AvgIpc) is 3.39. The van der Waals surface area contributed by atoms with E-state index in [-0.39, 0.29) is 5.91 Å². The van der Waals surface area contributed by atoms with E-state index in [0.29, 0.717) is 29.0 Å². The Balaban J connectivity index is 1.29. The van der Waals surface area contributed by atoms with Crippen molar-refractivity contribution >= 4 is 34.8 Å². The molecule has 36 heavy (non-hydrogen) atoms. The quantitative estimate of drug-likeness (QED) is 0.391. The van der Waals surface area contributed by atoms with Crippen LogP contribution in [-0.4, -0.2) is 51.7 Å². The number of anilines is 3. The zero-order chi connectivity index (χ0) is 24.9. The van der Waals surface area contributed by atoms with Gasteiger partial charge in [0.15, 0.2) is 0 Å². The number of hydrogen-bond donors (Lipinski definition) is 2. The minimum atomic E-state index is -0.279. The molecule has 10 heteroatoms. The molecule has 1 aliphatic heterocycles. The van der Waals surface area contributed by atoms with E-state index >= 15 is 0 Å². The normalized spacial score (nSPS) is 13.4. The maximum atomic E-state index is 12.6. The lowest BCUT2D eigenvalue weighted by Crippen LogP contribution is -2.36. The van der Waals surface area contributed by atoms with E-state index in [0.717, 1.165) is 48.8 Å². The summed E-state index contributed by atoms with van der Waals surface area (Å²) in [5, 5.41) is 6.78. The summed E-state index contributed by atoms with van der Waals surface area (Å²) < 4.78 is 7.18. The Hall–Kier alpha value is -3.95. The summed E-state index contributed by atoms with van der Waals surface area (Å²) in [5.74, 6) is 0.812. The average molecular weight is 504 g/mol. The van der Waals surface area contributed by atoms with Crippen LogP contribution in [-0.2, 0) is 11.3 Å². The van der Waals surface area contributed by atoms with Gasteiger partial charge in [0.05, 0.1) is 13.2 Å². The Morgan fingerprint density at radius 3 is 2.78 bits per heavy atom. The highest BCUT2D eigenvalue weighted by atomic mass is 35.5. The molecule has 1 amide bonds. The van der Waals surface area contributed by atoms with Crippen LogP contribution in [0.3, 0.4) is 0 Å². The number of amides is 1. The first-order chi connectivity index (χ1) is 17.5. The van der Waals surface area contributed by atoms with Crippen LogP contribution in [0.1, 0.15) is 21.6 Å². The minimum Gasteiger partial charge on any atom is -0.378 e. The predicted octanol–water partition coefficient (Wildman–Crippen LogP) is 4.13. The van der Waals surface area contributed by atoms with Crippen LogP contribution in [0.25, 0.3) is 5.82 Å². The number of rotatable bonds is 7. The summed E-state index contributed by atoms with van der Waals surface area (Å²) in [6.45, 7) is 5.46. The highest BCUT2D eigenvalue weighted by molar-refractivity contribution is 6.30. The maximum Gasteiger partial charge on any atom is 0.271 e. The van der Waals surface area contributed by atoms with E-state index in [4.69, 9.17) is 16.3 Å². The summed E-state index contributed by atoms with van der Waals surface area (Å²) >= 11 is 6.02. The molecule has 0 saturated carbocycles. The van der Waals surface area contributed by atoms with Crippen molar-refractivity contribution in [2.45, 2.75) is 13.5 Å². The molecule has 0 unspecified atom stereocenters. The topological polar surface area (TPSA) is 97.2 Å². The van der Waals surface area contributed by atoms with Gasteiger partial charge < -0.3 is 20.3 Å². The zero-order valence-corrected chi connectivity index (χ0v) is 20.6. The van der Waals surface area contributed by atoms with Gasteiger partial charge in [-0.2, -0.15) is 4.98 Å². The van der Waals surface area contributed by atoms with E-state index in [9.17, 15) is 4.79 Å². The molecule has 5 rings (SSSR count). The monoisotopic (exact) mass is 503 g/mol. The lowest BCUT2D eigenvalue weighted by Gasteiger charge is -2.29. The number of ether oxygens (including phenoxy) is 1. The molecule has 184 valence electrons. The highest BCUT2D eigenvalue weighted by Gasteiger charge is 2.14. The molecule has 0 atom stereocenters. The van der Waals surface area contributed by atoms with Crippen molar-refractivity contribution in [1.82, 2.24) is 24.8 Å². The van der Waals surface area contributed by atoms with Crippen molar-refractivity contribution < 1.29 is 9.53 Å². The Morgan fingerprint density at radius 1 is 1.11 bits per heavy atom. The van der Waals surface area contributed by atoms with Crippen molar-refractivity contribution in [1.29, 1.82) is 0 Å². The summed E-state index contributed by atoms with van der Waals surface area (Å²) in [4.78, 5) is 28.3. The molecule has 4 aromatic rings. The Kier molecular flexibility index (Phi) is 7.11. The van der Waals surface area contributed by atoms with Crippen molar-refractivity contribution in [2.75, 3.05) is 36.5 Å². The smallest absolute Gasteiger partial charge is 0.271 e. The molecule has 1 fully saturated rings. The molecule has 2 aromatic carbocycles. The third-order valence-electron chi connectivity index (χ3n) is 5.83. The van der Waals surface area contributed by atoms with Crippen LogP contribution >= 0.6 is 11.6 Å². The van der Waals surface area contributed by atoms with E-state index in [2.05, 4.69) is 42.6 Å². The number of halogens is 1. The first kappa shape index (κ1) is 23.8. The molecule has 1 aliphatic rings. The van der Waals surface area contributed by atoms with Crippen molar-refractivity contribution in [3.8, 4) is 5.82 Å². The van der Waals surface area contributed by atoms with Gasteiger partial charge in [-0.15, -0.1) is 0 Å². The van der Waals surface area contributed by atoms with Crippen LogP contribution in [0.15, 0.2) is 67.3 Å². The SMILES string of the molecule is Cc1cnc(Nc2cccc(N3CCOCC3)c2)nc1-n1cnc(C(=O)NCc2cccc(Cl)c2)c1. The maximum absolute atomic E-state index is 12.6. The number of aryl methyl sites for hydroxylation is 1. The number of hydrogen-bond acceptors (Lipinski definition) is 7. The van der Waals surface area contributed by atoms with Crippen LogP contribution < -0.4 is 15.5 Å². The lowest BCUT2D eigenvalue weighted by molar-refractivity contribution is 0.0946. The van der Waals surface area contributed by atoms with Gasteiger partial charge in [-0.25, -0.2) is 9.97 Å². The minimum absolute atomic E-state index is 0.279. The third kappa shape index (κ3) is 5.64. The van der Waals surface area contributed by atoms with Crippen molar-refractivity contribution in [2.24, 2.45) is 0 Å². The molecule has 2 N–H and O–H groups in total. The number of carbonyl (C=O) groups excluding carboxylic acids is 1. The number of benzene rings is 2. The Morgan fingerprint density at radius 2 is 1.94 bits per heavy atom. The molecule has 0 radical (unpaired) electrons. The van der Waals surface area contributed by atoms with E-state index in [1.54, 1.807) is 29.4 Å². The summed E-state index contributed by atoms with van der Waals surface area (Å²) in [5.41, 5.74) is 4.07. The van der Waals surface area contributed by atoms with Gasteiger partial charge >= 0.3 is 0 Å². The van der Waals surface area contributed by atoms with Gasteiger partial charge in [-0.3, -0.25) is 9.36 Å². The number of aromatic nitrogens is 4. The first-order valence-corrected chi connectivity index (χ1v) is 12.0. The van der Waals surface area contributed by atoms with Crippen LogP contribution in [0.5, 0.6) is 0 Å². The third-order valence-corrected chi connectivity index (χ3v) is 6.06. The Labute approximate surface area is 214 Å². The molecule has 9 nitrogen and oxygen atoms in total. The number of nitrogens with zero attached hydrogens (tertiary/aromatic N) is 5. The largest absolute Gasteiger partial charge is 0.378 e. The molecule has 0 spiro atoms. The standard InChI is InChI=1S/C26H26ClN7O2/c1-18-14-29-26(31-21-6-3-7-22(13-21)33-8-10-36-11-9-33)32-24(18)34-16-23(30-17-34)25(35)28-15-19-4-2-5-20(27)12-19/h2-7,12-14,16-17H,8-11,15H2,1H3,(H,28,35)(H,29,31,32). The van der Waals surface area contributed by atoms with Crippen LogP contribution in [0.4, 0.5) is 17.3 Å². The van der Waals surface area contributed by atoms with Gasteiger partial charge in [0.1, 0.15) is 17.8 Å². The fourth-order valence-corrected chi connectivity index (χ4v) is 4.17. The van der Waals surface area contributed by atoms with Crippen LogP contribution in [0.2, 0.25) is 5.02 Å².